The molecule has 0 aromatic heterocycles. The molecule has 2 fully saturated rings. The number of piperidine rings is 1. The maximum absolute atomic E-state index is 12.8. The fraction of sp³-hybridized carbons (Fsp3) is 0.529. The second-order valence-electron chi connectivity index (χ2n) is 6.73. The zero-order chi connectivity index (χ0) is 16.0. The van der Waals surface area contributed by atoms with Crippen molar-refractivity contribution in [3.05, 3.63) is 23.8 Å². The highest BCUT2D eigenvalue weighted by Gasteiger charge is 2.36. The summed E-state index contributed by atoms with van der Waals surface area (Å²) < 4.78 is 5.40. The first-order chi connectivity index (χ1) is 11.1. The average Bonchev–Trinajstić information content (AvgIpc) is 2.91. The van der Waals surface area contributed by atoms with Crippen molar-refractivity contribution in [2.24, 2.45) is 0 Å². The van der Waals surface area contributed by atoms with Gasteiger partial charge in [-0.1, -0.05) is 0 Å². The van der Waals surface area contributed by atoms with Crippen LogP contribution in [-0.2, 0) is 4.79 Å². The van der Waals surface area contributed by atoms with E-state index in [1.54, 1.807) is 18.2 Å². The van der Waals surface area contributed by atoms with Crippen LogP contribution in [0.2, 0.25) is 0 Å². The number of nitrogens with zero attached hydrogens (tertiary/aromatic N) is 1. The van der Waals surface area contributed by atoms with Crippen molar-refractivity contribution in [2.45, 2.75) is 43.8 Å². The van der Waals surface area contributed by atoms with Crippen LogP contribution in [0.4, 0.5) is 5.69 Å². The predicted molar refractivity (Wildman–Crippen MR) is 85.6 cm³/mol. The van der Waals surface area contributed by atoms with E-state index in [9.17, 15) is 9.59 Å². The molecule has 0 saturated carbocycles. The molecular formula is C17H21N3O3. The van der Waals surface area contributed by atoms with Gasteiger partial charge in [-0.15, -0.1) is 0 Å². The molecule has 2 atom stereocenters. The molecule has 0 aliphatic carbocycles. The molecule has 2 N–H and O–H groups in total. The SMILES string of the molecule is CN(C(=O)c1ccc2c(c1)OCC(=O)N2)C1CC2CCC(C1)N2. The number of rotatable bonds is 2. The zero-order valence-corrected chi connectivity index (χ0v) is 13.2. The molecule has 2 unspecified atom stereocenters. The number of amides is 2. The number of ether oxygens (including phenoxy) is 1. The maximum atomic E-state index is 12.8. The summed E-state index contributed by atoms with van der Waals surface area (Å²) in [6.07, 6.45) is 4.48. The summed E-state index contributed by atoms with van der Waals surface area (Å²) in [5.41, 5.74) is 1.23. The van der Waals surface area contributed by atoms with E-state index in [1.165, 1.54) is 12.8 Å². The van der Waals surface area contributed by atoms with Gasteiger partial charge in [0.1, 0.15) is 5.75 Å². The molecule has 0 spiro atoms. The Hall–Kier alpha value is -2.08. The third-order valence-corrected chi connectivity index (χ3v) is 5.18. The number of benzene rings is 1. The smallest absolute Gasteiger partial charge is 0.262 e. The first-order valence-corrected chi connectivity index (χ1v) is 8.20. The van der Waals surface area contributed by atoms with E-state index in [2.05, 4.69) is 10.6 Å². The van der Waals surface area contributed by atoms with Gasteiger partial charge in [-0.25, -0.2) is 0 Å². The van der Waals surface area contributed by atoms with Crippen LogP contribution in [0.3, 0.4) is 0 Å². The minimum Gasteiger partial charge on any atom is -0.482 e. The van der Waals surface area contributed by atoms with Crippen molar-refractivity contribution in [1.29, 1.82) is 0 Å². The van der Waals surface area contributed by atoms with Crippen LogP contribution in [0.25, 0.3) is 0 Å². The number of anilines is 1. The highest BCUT2D eigenvalue weighted by Crippen LogP contribution is 2.32. The van der Waals surface area contributed by atoms with Gasteiger partial charge in [-0.2, -0.15) is 0 Å². The van der Waals surface area contributed by atoms with Crippen LogP contribution >= 0.6 is 0 Å². The summed E-state index contributed by atoms with van der Waals surface area (Å²) in [6, 6.07) is 6.61. The third kappa shape index (κ3) is 2.67. The van der Waals surface area contributed by atoms with Crippen molar-refractivity contribution >= 4 is 17.5 Å². The van der Waals surface area contributed by atoms with Crippen LogP contribution in [-0.4, -0.2) is 48.5 Å². The Kier molecular flexibility index (Phi) is 3.49. The summed E-state index contributed by atoms with van der Waals surface area (Å²) in [7, 11) is 1.89. The lowest BCUT2D eigenvalue weighted by atomic mass is 9.98. The fourth-order valence-corrected chi connectivity index (χ4v) is 3.92. The molecule has 3 aliphatic heterocycles. The molecule has 3 heterocycles. The number of carbonyl (C=O) groups is 2. The van der Waals surface area contributed by atoms with Gasteiger partial charge >= 0.3 is 0 Å². The van der Waals surface area contributed by atoms with Crippen LogP contribution < -0.4 is 15.4 Å². The van der Waals surface area contributed by atoms with Crippen molar-refractivity contribution in [3.8, 4) is 5.75 Å². The Morgan fingerprint density at radius 1 is 1.26 bits per heavy atom. The van der Waals surface area contributed by atoms with E-state index >= 15 is 0 Å². The number of hydrogen-bond donors (Lipinski definition) is 2. The van der Waals surface area contributed by atoms with Gasteiger partial charge in [0, 0.05) is 30.7 Å². The lowest BCUT2D eigenvalue weighted by Crippen LogP contribution is -2.48. The molecule has 2 amide bonds. The van der Waals surface area contributed by atoms with Gasteiger partial charge < -0.3 is 20.3 Å². The molecule has 6 nitrogen and oxygen atoms in total. The molecule has 1 aromatic rings. The van der Waals surface area contributed by atoms with Gasteiger partial charge in [-0.3, -0.25) is 9.59 Å². The number of nitrogens with one attached hydrogen (secondary N) is 2. The Balaban J connectivity index is 1.51. The Labute approximate surface area is 135 Å². The number of fused-ring (bicyclic) bond motifs is 3. The lowest BCUT2D eigenvalue weighted by Gasteiger charge is -2.35. The number of hydrogen-bond acceptors (Lipinski definition) is 4. The molecule has 6 heteroatoms. The molecular weight excluding hydrogens is 294 g/mol. The lowest BCUT2D eigenvalue weighted by molar-refractivity contribution is -0.118. The summed E-state index contributed by atoms with van der Waals surface area (Å²) in [5, 5.41) is 6.34. The van der Waals surface area contributed by atoms with Crippen LogP contribution in [0.5, 0.6) is 5.75 Å². The van der Waals surface area contributed by atoms with Crippen LogP contribution in [0.1, 0.15) is 36.0 Å². The van der Waals surface area contributed by atoms with E-state index < -0.39 is 0 Å². The molecule has 2 bridgehead atoms. The second-order valence-corrected chi connectivity index (χ2v) is 6.73. The van der Waals surface area contributed by atoms with Crippen LogP contribution in [0, 0.1) is 0 Å². The Bertz CT molecular complexity index is 648. The standard InChI is InChI=1S/C17H21N3O3/c1-20(13-7-11-3-4-12(8-13)18-11)17(22)10-2-5-14-15(6-10)23-9-16(21)19-14/h2,5-6,11-13,18H,3-4,7-9H2,1H3,(H,19,21). The highest BCUT2D eigenvalue weighted by molar-refractivity contribution is 5.99. The van der Waals surface area contributed by atoms with E-state index in [4.69, 9.17) is 4.74 Å². The second kappa shape index (κ2) is 5.53. The van der Waals surface area contributed by atoms with Crippen LogP contribution in [0.15, 0.2) is 18.2 Å². The minimum absolute atomic E-state index is 0.00185. The Morgan fingerprint density at radius 3 is 2.74 bits per heavy atom. The molecule has 23 heavy (non-hydrogen) atoms. The normalized spacial score (nSPS) is 28.6. The zero-order valence-electron chi connectivity index (χ0n) is 13.2. The highest BCUT2D eigenvalue weighted by atomic mass is 16.5. The summed E-state index contributed by atoms with van der Waals surface area (Å²) in [4.78, 5) is 26.0. The van der Waals surface area contributed by atoms with E-state index in [-0.39, 0.29) is 24.5 Å². The minimum atomic E-state index is -0.168. The predicted octanol–water partition coefficient (Wildman–Crippen LogP) is 1.37. The van der Waals surface area contributed by atoms with Gasteiger partial charge in [0.05, 0.1) is 5.69 Å². The fourth-order valence-electron chi connectivity index (χ4n) is 3.92. The third-order valence-electron chi connectivity index (χ3n) is 5.18. The largest absolute Gasteiger partial charge is 0.482 e. The van der Waals surface area contributed by atoms with Crippen molar-refractivity contribution in [3.63, 3.8) is 0 Å². The van der Waals surface area contributed by atoms with E-state index in [0.717, 1.165) is 12.8 Å². The van der Waals surface area contributed by atoms with Gasteiger partial charge in [-0.05, 0) is 43.9 Å². The maximum Gasteiger partial charge on any atom is 0.262 e. The van der Waals surface area contributed by atoms with Gasteiger partial charge in [0.25, 0.3) is 11.8 Å². The molecule has 3 aliphatic rings. The Morgan fingerprint density at radius 2 is 2.00 bits per heavy atom. The first kappa shape index (κ1) is 14.5. The first-order valence-electron chi connectivity index (χ1n) is 8.20. The molecule has 1 aromatic carbocycles. The van der Waals surface area contributed by atoms with Gasteiger partial charge in [0.15, 0.2) is 6.61 Å². The van der Waals surface area contributed by atoms with E-state index in [0.29, 0.717) is 29.1 Å². The summed E-state index contributed by atoms with van der Waals surface area (Å²) in [5.74, 6) is 0.410. The molecule has 4 rings (SSSR count). The molecule has 0 radical (unpaired) electrons. The average molecular weight is 315 g/mol. The van der Waals surface area contributed by atoms with E-state index in [1.807, 2.05) is 11.9 Å². The summed E-state index contributed by atoms with van der Waals surface area (Å²) >= 11 is 0. The molecule has 2 saturated heterocycles. The quantitative estimate of drug-likeness (QED) is 0.865. The van der Waals surface area contributed by atoms with Crippen molar-refractivity contribution in [2.75, 3.05) is 19.0 Å². The monoisotopic (exact) mass is 315 g/mol. The summed E-state index contributed by atoms with van der Waals surface area (Å²) in [6.45, 7) is -0.00185. The van der Waals surface area contributed by atoms with Crippen molar-refractivity contribution < 1.29 is 14.3 Å². The van der Waals surface area contributed by atoms with Gasteiger partial charge in [0.2, 0.25) is 0 Å². The molecule has 122 valence electrons. The number of carbonyl (C=O) groups excluding carboxylic acids is 2. The topological polar surface area (TPSA) is 70.7 Å². The van der Waals surface area contributed by atoms with Crippen molar-refractivity contribution in [1.82, 2.24) is 10.2 Å².